The predicted octanol–water partition coefficient (Wildman–Crippen LogP) is 4.19. The van der Waals surface area contributed by atoms with Crippen molar-refractivity contribution in [1.29, 1.82) is 0 Å². The number of thioether (sulfide) groups is 1. The fourth-order valence-electron chi connectivity index (χ4n) is 3.20. The lowest BCUT2D eigenvalue weighted by Crippen LogP contribution is -2.17. The van der Waals surface area contributed by atoms with Crippen LogP contribution in [0.3, 0.4) is 0 Å². The molecule has 0 aromatic carbocycles. The van der Waals surface area contributed by atoms with Gasteiger partial charge in [-0.2, -0.15) is 0 Å². The first-order chi connectivity index (χ1) is 16.2. The van der Waals surface area contributed by atoms with Crippen LogP contribution in [-0.2, 0) is 16.1 Å². The molecule has 0 atom stereocenters. The lowest BCUT2D eigenvalue weighted by atomic mass is 10.1. The van der Waals surface area contributed by atoms with Crippen LogP contribution in [0, 0.1) is 20.8 Å². The molecule has 3 aromatic rings. The van der Waals surface area contributed by atoms with Gasteiger partial charge in [-0.05, 0) is 38.8 Å². The maximum Gasteiger partial charge on any atom is 0.341 e. The highest BCUT2D eigenvalue weighted by Crippen LogP contribution is 2.34. The van der Waals surface area contributed by atoms with E-state index >= 15 is 0 Å². The standard InChI is InChI=1S/C22H25N5O4S3/c1-6-8-27-19(14-9-32-13(5)11(14)3)25-26-22(27)33-10-15(28)24-20-16(21(30)31-7-2)12(4)17(34-20)18(23)29/h6,9H,1,7-8,10H2,2-5H3,(H2,23,29)(H,24,28). The van der Waals surface area contributed by atoms with E-state index in [1.54, 1.807) is 31.3 Å². The van der Waals surface area contributed by atoms with Gasteiger partial charge in [0.2, 0.25) is 5.91 Å². The Morgan fingerprint density at radius 3 is 2.59 bits per heavy atom. The molecule has 3 N–H and O–H groups in total. The molecular formula is C22H25N5O4S3. The number of carbonyl (C=O) groups is 3. The van der Waals surface area contributed by atoms with Gasteiger partial charge in [0.1, 0.15) is 5.00 Å². The Kier molecular flexibility index (Phi) is 8.28. The molecule has 0 unspecified atom stereocenters. The van der Waals surface area contributed by atoms with Crippen molar-refractivity contribution in [3.05, 3.63) is 44.5 Å². The number of esters is 1. The number of carbonyl (C=O) groups excluding carboxylic acids is 3. The predicted molar refractivity (Wildman–Crippen MR) is 136 cm³/mol. The minimum absolute atomic E-state index is 0.0159. The highest BCUT2D eigenvalue weighted by atomic mass is 32.2. The number of thiophene rings is 2. The van der Waals surface area contributed by atoms with Crippen LogP contribution >= 0.6 is 34.4 Å². The number of nitrogens with zero attached hydrogens (tertiary/aromatic N) is 3. The monoisotopic (exact) mass is 519 g/mol. The zero-order valence-electron chi connectivity index (χ0n) is 19.3. The van der Waals surface area contributed by atoms with Gasteiger partial charge >= 0.3 is 5.97 Å². The Morgan fingerprint density at radius 2 is 2.00 bits per heavy atom. The van der Waals surface area contributed by atoms with E-state index in [1.165, 1.54) is 16.6 Å². The van der Waals surface area contributed by atoms with Crippen LogP contribution in [0.5, 0.6) is 0 Å². The lowest BCUT2D eigenvalue weighted by molar-refractivity contribution is -0.113. The molecule has 0 fully saturated rings. The summed E-state index contributed by atoms with van der Waals surface area (Å²) in [6, 6.07) is 0. The van der Waals surface area contributed by atoms with Crippen molar-refractivity contribution in [2.24, 2.45) is 5.73 Å². The summed E-state index contributed by atoms with van der Waals surface area (Å²) >= 11 is 3.81. The fraction of sp³-hybridized carbons (Fsp3) is 0.318. The third-order valence-electron chi connectivity index (χ3n) is 4.99. The number of hydrogen-bond acceptors (Lipinski definition) is 9. The Labute approximate surface area is 209 Å². The average molecular weight is 520 g/mol. The van der Waals surface area contributed by atoms with E-state index in [9.17, 15) is 14.4 Å². The molecule has 0 radical (unpaired) electrons. The zero-order chi connectivity index (χ0) is 25.0. The van der Waals surface area contributed by atoms with Crippen LogP contribution in [0.2, 0.25) is 0 Å². The van der Waals surface area contributed by atoms with Gasteiger partial charge in [0.05, 0.1) is 22.8 Å². The Hall–Kier alpha value is -2.96. The third-order valence-corrected chi connectivity index (χ3v) is 8.19. The van der Waals surface area contributed by atoms with E-state index in [4.69, 9.17) is 10.5 Å². The van der Waals surface area contributed by atoms with E-state index in [2.05, 4.69) is 29.0 Å². The fourth-order valence-corrected chi connectivity index (χ4v) is 5.88. The number of rotatable bonds is 10. The molecule has 12 heteroatoms. The van der Waals surface area contributed by atoms with Gasteiger partial charge in [-0.3, -0.25) is 14.2 Å². The number of aromatic nitrogens is 3. The number of anilines is 1. The molecule has 0 saturated heterocycles. The first-order valence-corrected chi connectivity index (χ1v) is 13.0. The normalized spacial score (nSPS) is 10.8. The van der Waals surface area contributed by atoms with Crippen molar-refractivity contribution in [2.45, 2.75) is 39.4 Å². The van der Waals surface area contributed by atoms with Gasteiger partial charge in [-0.25, -0.2) is 4.79 Å². The molecule has 180 valence electrons. The molecule has 0 aliphatic heterocycles. The Morgan fingerprint density at radius 1 is 1.26 bits per heavy atom. The quantitative estimate of drug-likeness (QED) is 0.233. The summed E-state index contributed by atoms with van der Waals surface area (Å²) in [5.74, 6) is -0.933. The molecule has 0 spiro atoms. The molecule has 0 aliphatic rings. The van der Waals surface area contributed by atoms with Crippen LogP contribution in [-0.4, -0.2) is 44.9 Å². The van der Waals surface area contributed by atoms with Crippen molar-refractivity contribution < 1.29 is 19.1 Å². The van der Waals surface area contributed by atoms with Gasteiger partial charge in [0, 0.05) is 22.4 Å². The number of amides is 2. The minimum Gasteiger partial charge on any atom is -0.462 e. The van der Waals surface area contributed by atoms with Crippen molar-refractivity contribution in [2.75, 3.05) is 17.7 Å². The molecule has 0 saturated carbocycles. The topological polar surface area (TPSA) is 129 Å². The summed E-state index contributed by atoms with van der Waals surface area (Å²) < 4.78 is 6.99. The van der Waals surface area contributed by atoms with Crippen molar-refractivity contribution in [3.8, 4) is 11.4 Å². The summed E-state index contributed by atoms with van der Waals surface area (Å²) in [5, 5.41) is 14.2. The second kappa shape index (κ2) is 11.0. The second-order valence-electron chi connectivity index (χ2n) is 7.22. The smallest absolute Gasteiger partial charge is 0.341 e. The highest BCUT2D eigenvalue weighted by molar-refractivity contribution is 7.99. The third kappa shape index (κ3) is 5.24. The lowest BCUT2D eigenvalue weighted by Gasteiger charge is -2.09. The summed E-state index contributed by atoms with van der Waals surface area (Å²) in [7, 11) is 0. The molecule has 3 heterocycles. The van der Waals surface area contributed by atoms with Crippen LogP contribution in [0.25, 0.3) is 11.4 Å². The van der Waals surface area contributed by atoms with Gasteiger partial charge < -0.3 is 15.8 Å². The molecule has 3 aromatic heterocycles. The molecule has 9 nitrogen and oxygen atoms in total. The van der Waals surface area contributed by atoms with Crippen LogP contribution in [0.15, 0.2) is 23.2 Å². The molecule has 2 amide bonds. The molecular weight excluding hydrogens is 494 g/mol. The number of aryl methyl sites for hydroxylation is 1. The Bertz CT molecular complexity index is 1260. The van der Waals surface area contributed by atoms with Crippen LogP contribution in [0.4, 0.5) is 5.00 Å². The summed E-state index contributed by atoms with van der Waals surface area (Å²) in [5.41, 5.74) is 8.09. The van der Waals surface area contributed by atoms with Gasteiger partial charge in [0.25, 0.3) is 5.91 Å². The molecule has 3 rings (SSSR count). The van der Waals surface area contributed by atoms with E-state index in [-0.39, 0.29) is 33.7 Å². The summed E-state index contributed by atoms with van der Waals surface area (Å²) in [6.07, 6.45) is 1.75. The second-order valence-corrected chi connectivity index (χ2v) is 10.3. The summed E-state index contributed by atoms with van der Waals surface area (Å²) in [6.45, 7) is 11.8. The number of allylic oxidation sites excluding steroid dienone is 1. The van der Waals surface area contributed by atoms with Gasteiger partial charge in [-0.1, -0.05) is 17.8 Å². The van der Waals surface area contributed by atoms with Crippen LogP contribution < -0.4 is 11.1 Å². The van der Waals surface area contributed by atoms with Crippen molar-refractivity contribution >= 4 is 57.2 Å². The number of hydrogen-bond donors (Lipinski definition) is 2. The minimum atomic E-state index is -0.674. The largest absolute Gasteiger partial charge is 0.462 e. The van der Waals surface area contributed by atoms with Gasteiger partial charge in [0.15, 0.2) is 11.0 Å². The average Bonchev–Trinajstić information content (AvgIpc) is 3.43. The Balaban J connectivity index is 1.80. The van der Waals surface area contributed by atoms with E-state index < -0.39 is 11.9 Å². The van der Waals surface area contributed by atoms with Gasteiger partial charge in [-0.15, -0.1) is 39.4 Å². The number of nitrogens with two attached hydrogens (primary N) is 1. The first kappa shape index (κ1) is 25.7. The maximum atomic E-state index is 12.7. The van der Waals surface area contributed by atoms with E-state index in [1.807, 2.05) is 16.9 Å². The first-order valence-electron chi connectivity index (χ1n) is 10.3. The van der Waals surface area contributed by atoms with E-state index in [0.29, 0.717) is 23.1 Å². The number of primary amides is 1. The SMILES string of the molecule is C=CCn1c(SCC(=O)Nc2sc(C(N)=O)c(C)c2C(=O)OCC)nnc1-c1csc(C)c1C. The van der Waals surface area contributed by atoms with Crippen molar-refractivity contribution in [3.63, 3.8) is 0 Å². The van der Waals surface area contributed by atoms with E-state index in [0.717, 1.165) is 22.5 Å². The highest BCUT2D eigenvalue weighted by Gasteiger charge is 2.26. The van der Waals surface area contributed by atoms with Crippen molar-refractivity contribution in [1.82, 2.24) is 14.8 Å². The molecule has 0 bridgehead atoms. The summed E-state index contributed by atoms with van der Waals surface area (Å²) in [4.78, 5) is 38.3. The number of nitrogens with one attached hydrogen (secondary N) is 1. The molecule has 34 heavy (non-hydrogen) atoms. The maximum absolute atomic E-state index is 12.7. The van der Waals surface area contributed by atoms with Crippen LogP contribution in [0.1, 0.15) is 43.0 Å². The number of ether oxygens (including phenoxy) is 1. The molecule has 0 aliphatic carbocycles. The zero-order valence-corrected chi connectivity index (χ0v) is 21.7.